The summed E-state index contributed by atoms with van der Waals surface area (Å²) in [5.41, 5.74) is 4.01. The first-order chi connectivity index (χ1) is 16.1. The van der Waals surface area contributed by atoms with Gasteiger partial charge < -0.3 is 5.32 Å². The summed E-state index contributed by atoms with van der Waals surface area (Å²) in [7, 11) is 0. The number of pyridine rings is 1. The number of nitrogens with zero attached hydrogens (tertiary/aromatic N) is 4. The van der Waals surface area contributed by atoms with Gasteiger partial charge in [0, 0.05) is 28.6 Å². The second kappa shape index (κ2) is 8.80. The number of aryl methyl sites for hydroxylation is 1. The van der Waals surface area contributed by atoms with Crippen molar-refractivity contribution >= 4 is 52.0 Å². The van der Waals surface area contributed by atoms with Gasteiger partial charge in [-0.05, 0) is 56.4 Å². The van der Waals surface area contributed by atoms with E-state index in [0.717, 1.165) is 37.8 Å². The molecule has 0 aliphatic carbocycles. The van der Waals surface area contributed by atoms with Gasteiger partial charge >= 0.3 is 0 Å². The second-order valence-corrected chi connectivity index (χ2v) is 8.94. The third-order valence-electron chi connectivity index (χ3n) is 5.43. The summed E-state index contributed by atoms with van der Waals surface area (Å²) in [6, 6.07) is 20.1. The van der Waals surface area contributed by atoms with E-state index in [1.807, 2.05) is 67.1 Å². The van der Waals surface area contributed by atoms with E-state index in [1.165, 1.54) is 0 Å². The summed E-state index contributed by atoms with van der Waals surface area (Å²) >= 11 is 6.92. The lowest BCUT2D eigenvalue weighted by Gasteiger charge is -2.10. The fourth-order valence-corrected chi connectivity index (χ4v) is 5.29. The summed E-state index contributed by atoms with van der Waals surface area (Å²) < 4.78 is 1.92. The SMILES string of the molecule is CCN1C(=O)/C(=C\c2c(C)nn(-c3ccccc3)c2Sc2cccc3cccnc23)NC1=S. The van der Waals surface area contributed by atoms with Crippen LogP contribution in [0.2, 0.25) is 0 Å². The number of carbonyl (C=O) groups is 1. The van der Waals surface area contributed by atoms with Crippen LogP contribution in [0.5, 0.6) is 0 Å². The predicted octanol–water partition coefficient (Wildman–Crippen LogP) is 4.96. The molecule has 33 heavy (non-hydrogen) atoms. The maximum absolute atomic E-state index is 12.8. The molecule has 4 aromatic rings. The first-order valence-electron chi connectivity index (χ1n) is 10.6. The normalized spacial score (nSPS) is 15.0. The molecule has 0 saturated carbocycles. The quantitative estimate of drug-likeness (QED) is 0.328. The van der Waals surface area contributed by atoms with Gasteiger partial charge in [-0.15, -0.1) is 0 Å². The van der Waals surface area contributed by atoms with Crippen molar-refractivity contribution in [3.63, 3.8) is 0 Å². The highest BCUT2D eigenvalue weighted by atomic mass is 32.2. The summed E-state index contributed by atoms with van der Waals surface area (Å²) in [6.07, 6.45) is 3.66. The van der Waals surface area contributed by atoms with E-state index in [9.17, 15) is 4.79 Å². The molecule has 3 heterocycles. The average molecular weight is 472 g/mol. The Hall–Kier alpha value is -3.49. The fourth-order valence-electron chi connectivity index (χ4n) is 3.79. The Morgan fingerprint density at radius 2 is 1.88 bits per heavy atom. The van der Waals surface area contributed by atoms with Gasteiger partial charge in [0.05, 0.1) is 16.9 Å². The van der Waals surface area contributed by atoms with Gasteiger partial charge in [0.15, 0.2) is 5.11 Å². The molecule has 0 spiro atoms. The number of amides is 1. The number of benzene rings is 2. The van der Waals surface area contributed by atoms with E-state index < -0.39 is 0 Å². The number of hydrogen-bond acceptors (Lipinski definition) is 5. The van der Waals surface area contributed by atoms with Gasteiger partial charge in [0.1, 0.15) is 10.7 Å². The number of carbonyl (C=O) groups excluding carboxylic acids is 1. The number of thiocarbonyl (C=S) groups is 1. The van der Waals surface area contributed by atoms with Gasteiger partial charge in [0.25, 0.3) is 5.91 Å². The van der Waals surface area contributed by atoms with Crippen LogP contribution in [0.15, 0.2) is 82.5 Å². The molecule has 1 aliphatic rings. The highest BCUT2D eigenvalue weighted by Crippen LogP contribution is 2.38. The largest absolute Gasteiger partial charge is 0.328 e. The highest BCUT2D eigenvalue weighted by molar-refractivity contribution is 7.99. The van der Waals surface area contributed by atoms with E-state index in [0.29, 0.717) is 17.4 Å². The number of aromatic nitrogens is 3. The third-order valence-corrected chi connectivity index (χ3v) is 6.89. The Morgan fingerprint density at radius 3 is 2.64 bits per heavy atom. The lowest BCUT2D eigenvalue weighted by atomic mass is 10.2. The first kappa shape index (κ1) is 21.4. The van der Waals surface area contributed by atoms with Crippen molar-refractivity contribution in [3.8, 4) is 5.69 Å². The number of fused-ring (bicyclic) bond motifs is 1. The Kier molecular flexibility index (Phi) is 5.70. The maximum atomic E-state index is 12.8. The van der Waals surface area contributed by atoms with Crippen LogP contribution in [0.25, 0.3) is 22.7 Å². The van der Waals surface area contributed by atoms with Gasteiger partial charge in [-0.3, -0.25) is 14.7 Å². The van der Waals surface area contributed by atoms with Crippen molar-refractivity contribution in [1.29, 1.82) is 0 Å². The van der Waals surface area contributed by atoms with E-state index in [4.69, 9.17) is 17.3 Å². The molecule has 0 radical (unpaired) electrons. The Morgan fingerprint density at radius 1 is 1.09 bits per heavy atom. The minimum atomic E-state index is -0.128. The molecule has 1 saturated heterocycles. The topological polar surface area (TPSA) is 63.1 Å². The van der Waals surface area contributed by atoms with Gasteiger partial charge in [-0.25, -0.2) is 4.68 Å². The molecular formula is C25H21N5OS2. The van der Waals surface area contributed by atoms with Gasteiger partial charge in [-0.2, -0.15) is 5.10 Å². The molecule has 5 rings (SSSR count). The van der Waals surface area contributed by atoms with Crippen LogP contribution >= 0.6 is 24.0 Å². The van der Waals surface area contributed by atoms with E-state index in [1.54, 1.807) is 22.9 Å². The molecule has 2 aromatic carbocycles. The van der Waals surface area contributed by atoms with Crippen LogP contribution in [-0.4, -0.2) is 37.2 Å². The van der Waals surface area contributed by atoms with Crippen LogP contribution in [0.1, 0.15) is 18.2 Å². The molecule has 1 N–H and O–H groups in total. The Bertz CT molecular complexity index is 1410. The molecule has 1 aliphatic heterocycles. The zero-order valence-electron chi connectivity index (χ0n) is 18.1. The second-order valence-electron chi connectivity index (χ2n) is 7.52. The zero-order valence-corrected chi connectivity index (χ0v) is 19.8. The fraction of sp³-hybridized carbons (Fsp3) is 0.120. The van der Waals surface area contributed by atoms with Gasteiger partial charge in [-0.1, -0.05) is 48.2 Å². The summed E-state index contributed by atoms with van der Waals surface area (Å²) in [6.45, 7) is 4.38. The summed E-state index contributed by atoms with van der Waals surface area (Å²) in [5, 5.41) is 10.3. The predicted molar refractivity (Wildman–Crippen MR) is 135 cm³/mol. The van der Waals surface area contributed by atoms with Crippen molar-refractivity contribution in [2.45, 2.75) is 23.8 Å². The molecule has 8 heteroatoms. The number of rotatable bonds is 5. The minimum absolute atomic E-state index is 0.128. The number of para-hydroxylation sites is 2. The monoisotopic (exact) mass is 471 g/mol. The summed E-state index contributed by atoms with van der Waals surface area (Å²) in [4.78, 5) is 20.0. The van der Waals surface area contributed by atoms with E-state index >= 15 is 0 Å². The van der Waals surface area contributed by atoms with Crippen LogP contribution in [0.4, 0.5) is 0 Å². The number of nitrogens with one attached hydrogen (secondary N) is 1. The van der Waals surface area contributed by atoms with Crippen LogP contribution in [-0.2, 0) is 4.79 Å². The van der Waals surface area contributed by atoms with E-state index in [2.05, 4.69) is 28.5 Å². The van der Waals surface area contributed by atoms with Crippen LogP contribution in [0.3, 0.4) is 0 Å². The summed E-state index contributed by atoms with van der Waals surface area (Å²) in [5.74, 6) is -0.128. The van der Waals surface area contributed by atoms with Crippen LogP contribution in [0, 0.1) is 6.92 Å². The molecule has 164 valence electrons. The lowest BCUT2D eigenvalue weighted by Crippen LogP contribution is -2.30. The van der Waals surface area contributed by atoms with Crippen LogP contribution < -0.4 is 5.32 Å². The van der Waals surface area contributed by atoms with Gasteiger partial charge in [0.2, 0.25) is 0 Å². The minimum Gasteiger partial charge on any atom is -0.328 e. The molecule has 2 aromatic heterocycles. The average Bonchev–Trinajstić information content (AvgIpc) is 3.29. The lowest BCUT2D eigenvalue weighted by molar-refractivity contribution is -0.122. The van der Waals surface area contributed by atoms with Crippen molar-refractivity contribution in [3.05, 3.63) is 83.8 Å². The molecule has 6 nitrogen and oxygen atoms in total. The smallest absolute Gasteiger partial charge is 0.276 e. The van der Waals surface area contributed by atoms with Crippen molar-refractivity contribution in [2.75, 3.05) is 6.54 Å². The Balaban J connectivity index is 1.67. The van der Waals surface area contributed by atoms with Crippen molar-refractivity contribution in [1.82, 2.24) is 25.0 Å². The number of likely N-dealkylation sites (N-methyl/N-ethyl adjacent to an activating group) is 1. The molecule has 1 fully saturated rings. The standard InChI is InChI=1S/C25H21N5OS2/c1-3-29-23(31)20(27-25(29)32)15-19-16(2)28-30(18-11-5-4-6-12-18)24(19)33-21-13-7-9-17-10-8-14-26-22(17)21/h4-15H,3H2,1-2H3,(H,27,32)/b20-15+. The zero-order chi connectivity index (χ0) is 22.9. The van der Waals surface area contributed by atoms with E-state index in [-0.39, 0.29) is 5.91 Å². The Labute approximate surface area is 201 Å². The van der Waals surface area contributed by atoms with Crippen molar-refractivity contribution < 1.29 is 4.79 Å². The molecule has 0 atom stereocenters. The van der Waals surface area contributed by atoms with Crippen molar-refractivity contribution in [2.24, 2.45) is 0 Å². The molecular weight excluding hydrogens is 450 g/mol. The third kappa shape index (κ3) is 3.92. The maximum Gasteiger partial charge on any atom is 0.276 e. The highest BCUT2D eigenvalue weighted by Gasteiger charge is 2.30. The molecule has 1 amide bonds. The number of hydrogen-bond donors (Lipinski definition) is 1. The molecule has 0 bridgehead atoms. The first-order valence-corrected chi connectivity index (χ1v) is 11.8. The molecule has 0 unspecified atom stereocenters.